The molecule has 0 aliphatic carbocycles. The fraction of sp³-hybridized carbons (Fsp3) is 0.588. The van der Waals surface area contributed by atoms with Gasteiger partial charge < -0.3 is 15.4 Å². The van der Waals surface area contributed by atoms with Crippen molar-refractivity contribution < 1.29 is 9.13 Å². The molecule has 0 saturated carbocycles. The molecule has 7 heteroatoms. The molecule has 0 radical (unpaired) electrons. The van der Waals surface area contributed by atoms with Crippen LogP contribution in [-0.2, 0) is 4.74 Å². The molecule has 1 aromatic carbocycles. The fourth-order valence-corrected chi connectivity index (χ4v) is 3.51. The first-order chi connectivity index (χ1) is 11.5. The Kier molecular flexibility index (Phi) is 5.58. The van der Waals surface area contributed by atoms with Gasteiger partial charge in [0.15, 0.2) is 5.96 Å². The Balaban J connectivity index is 1.80. The van der Waals surface area contributed by atoms with Crippen molar-refractivity contribution in [2.75, 3.05) is 32.8 Å². The number of rotatable bonds is 4. The highest BCUT2D eigenvalue weighted by molar-refractivity contribution is 6.31. The van der Waals surface area contributed by atoms with Crippen LogP contribution >= 0.6 is 11.6 Å². The fourth-order valence-electron chi connectivity index (χ4n) is 3.22. The zero-order valence-electron chi connectivity index (χ0n) is 14.1. The molecule has 24 heavy (non-hydrogen) atoms. The topological polar surface area (TPSA) is 48.9 Å². The van der Waals surface area contributed by atoms with Crippen LogP contribution in [0, 0.1) is 5.82 Å². The third-order valence-electron chi connectivity index (χ3n) is 4.42. The minimum absolute atomic E-state index is 0.119. The number of halogens is 2. The SMILES string of the molecule is CC1CN=C(NCC(c2c(F)cccc2Cl)N2CCOC(C)C2)N1. The van der Waals surface area contributed by atoms with E-state index < -0.39 is 0 Å². The van der Waals surface area contributed by atoms with Gasteiger partial charge in [-0.15, -0.1) is 0 Å². The molecule has 132 valence electrons. The van der Waals surface area contributed by atoms with Gasteiger partial charge in [0.25, 0.3) is 0 Å². The summed E-state index contributed by atoms with van der Waals surface area (Å²) in [5.41, 5.74) is 0.535. The summed E-state index contributed by atoms with van der Waals surface area (Å²) >= 11 is 6.33. The molecule has 2 aliphatic rings. The molecular weight excluding hydrogens is 331 g/mol. The van der Waals surface area contributed by atoms with Gasteiger partial charge in [-0.2, -0.15) is 0 Å². The van der Waals surface area contributed by atoms with Crippen molar-refractivity contribution >= 4 is 17.6 Å². The third kappa shape index (κ3) is 3.99. The highest BCUT2D eigenvalue weighted by atomic mass is 35.5. The lowest BCUT2D eigenvalue weighted by atomic mass is 10.0. The molecule has 0 aromatic heterocycles. The van der Waals surface area contributed by atoms with Crippen LogP contribution in [0.2, 0.25) is 5.02 Å². The normalized spacial score (nSPS) is 25.9. The average Bonchev–Trinajstić information content (AvgIpc) is 2.95. The molecular formula is C17H24ClFN4O. The van der Waals surface area contributed by atoms with E-state index in [1.54, 1.807) is 12.1 Å². The van der Waals surface area contributed by atoms with E-state index in [1.807, 2.05) is 6.92 Å². The number of aliphatic imine (C=N–C) groups is 1. The molecule has 5 nitrogen and oxygen atoms in total. The van der Waals surface area contributed by atoms with Crippen molar-refractivity contribution in [1.82, 2.24) is 15.5 Å². The van der Waals surface area contributed by atoms with E-state index in [0.717, 1.165) is 25.6 Å². The zero-order chi connectivity index (χ0) is 17.1. The first kappa shape index (κ1) is 17.5. The van der Waals surface area contributed by atoms with Crippen molar-refractivity contribution in [2.45, 2.75) is 32.0 Å². The van der Waals surface area contributed by atoms with Crippen LogP contribution in [0.25, 0.3) is 0 Å². The summed E-state index contributed by atoms with van der Waals surface area (Å²) in [6, 6.07) is 4.99. The maximum Gasteiger partial charge on any atom is 0.191 e. The number of benzene rings is 1. The Labute approximate surface area is 147 Å². The van der Waals surface area contributed by atoms with Crippen LogP contribution in [0.4, 0.5) is 4.39 Å². The largest absolute Gasteiger partial charge is 0.376 e. The summed E-state index contributed by atoms with van der Waals surface area (Å²) in [6.07, 6.45) is 0.119. The van der Waals surface area contributed by atoms with Crippen molar-refractivity contribution in [2.24, 2.45) is 4.99 Å². The smallest absolute Gasteiger partial charge is 0.191 e. The van der Waals surface area contributed by atoms with Crippen molar-refractivity contribution in [3.8, 4) is 0 Å². The van der Waals surface area contributed by atoms with Gasteiger partial charge in [-0.05, 0) is 26.0 Å². The van der Waals surface area contributed by atoms with Crippen LogP contribution in [0.1, 0.15) is 25.5 Å². The Morgan fingerprint density at radius 1 is 1.50 bits per heavy atom. The second kappa shape index (κ2) is 7.68. The molecule has 2 N–H and O–H groups in total. The number of hydrogen-bond donors (Lipinski definition) is 2. The van der Waals surface area contributed by atoms with E-state index in [9.17, 15) is 4.39 Å². The third-order valence-corrected chi connectivity index (χ3v) is 4.75. The Morgan fingerprint density at radius 2 is 2.33 bits per heavy atom. The highest BCUT2D eigenvalue weighted by Gasteiger charge is 2.29. The van der Waals surface area contributed by atoms with Gasteiger partial charge in [0.05, 0.1) is 25.3 Å². The molecule has 0 spiro atoms. The zero-order valence-corrected chi connectivity index (χ0v) is 14.8. The Bertz CT molecular complexity index is 592. The Morgan fingerprint density at radius 3 is 3.00 bits per heavy atom. The molecule has 3 unspecified atom stereocenters. The molecule has 2 heterocycles. The van der Waals surface area contributed by atoms with Gasteiger partial charge in [0.1, 0.15) is 5.82 Å². The maximum atomic E-state index is 14.5. The summed E-state index contributed by atoms with van der Waals surface area (Å²) in [6.45, 7) is 7.52. The van der Waals surface area contributed by atoms with Crippen molar-refractivity contribution in [1.29, 1.82) is 0 Å². The number of morpholine rings is 1. The number of ether oxygens (including phenoxy) is 1. The first-order valence-electron chi connectivity index (χ1n) is 8.39. The van der Waals surface area contributed by atoms with Crippen LogP contribution in [-0.4, -0.2) is 55.8 Å². The van der Waals surface area contributed by atoms with Crippen LogP contribution < -0.4 is 10.6 Å². The number of nitrogens with zero attached hydrogens (tertiary/aromatic N) is 2. The molecule has 2 aliphatic heterocycles. The molecule has 1 aromatic rings. The van der Waals surface area contributed by atoms with Gasteiger partial charge in [-0.1, -0.05) is 17.7 Å². The molecule has 3 rings (SSSR count). The summed E-state index contributed by atoms with van der Waals surface area (Å²) in [5, 5.41) is 7.03. The van der Waals surface area contributed by atoms with Gasteiger partial charge in [-0.25, -0.2) is 4.39 Å². The summed E-state index contributed by atoms with van der Waals surface area (Å²) in [5.74, 6) is 0.490. The molecule has 1 saturated heterocycles. The monoisotopic (exact) mass is 354 g/mol. The van der Waals surface area contributed by atoms with Gasteiger partial charge >= 0.3 is 0 Å². The summed E-state index contributed by atoms with van der Waals surface area (Å²) in [7, 11) is 0. The quantitative estimate of drug-likeness (QED) is 0.870. The number of nitrogens with one attached hydrogen (secondary N) is 2. The van der Waals surface area contributed by atoms with Crippen LogP contribution in [0.5, 0.6) is 0 Å². The van der Waals surface area contributed by atoms with Gasteiger partial charge in [0, 0.05) is 36.3 Å². The molecule has 1 fully saturated rings. The van der Waals surface area contributed by atoms with E-state index in [4.69, 9.17) is 16.3 Å². The lowest BCUT2D eigenvalue weighted by Crippen LogP contribution is -2.48. The van der Waals surface area contributed by atoms with E-state index in [-0.39, 0.29) is 18.0 Å². The predicted molar refractivity (Wildman–Crippen MR) is 94.0 cm³/mol. The highest BCUT2D eigenvalue weighted by Crippen LogP contribution is 2.31. The first-order valence-corrected chi connectivity index (χ1v) is 8.77. The van der Waals surface area contributed by atoms with E-state index in [0.29, 0.717) is 29.8 Å². The van der Waals surface area contributed by atoms with Gasteiger partial charge in [0.2, 0.25) is 0 Å². The maximum absolute atomic E-state index is 14.5. The van der Waals surface area contributed by atoms with Crippen molar-refractivity contribution in [3.63, 3.8) is 0 Å². The standard InChI is InChI=1S/C17H24ClFN4O/c1-11-8-20-17(22-11)21-9-15(23-6-7-24-12(2)10-23)16-13(18)4-3-5-14(16)19/h3-5,11-12,15H,6-10H2,1-2H3,(H2,20,21,22). The predicted octanol–water partition coefficient (Wildman–Crippen LogP) is 2.18. The molecule has 3 atom stereocenters. The summed E-state index contributed by atoms with van der Waals surface area (Å²) < 4.78 is 20.1. The minimum Gasteiger partial charge on any atom is -0.376 e. The second-order valence-corrected chi connectivity index (χ2v) is 6.85. The van der Waals surface area contributed by atoms with E-state index in [1.165, 1.54) is 6.07 Å². The van der Waals surface area contributed by atoms with E-state index >= 15 is 0 Å². The van der Waals surface area contributed by atoms with Crippen LogP contribution in [0.3, 0.4) is 0 Å². The lowest BCUT2D eigenvalue weighted by molar-refractivity contribution is -0.0343. The number of hydrogen-bond acceptors (Lipinski definition) is 5. The molecule has 0 bridgehead atoms. The van der Waals surface area contributed by atoms with Crippen LogP contribution in [0.15, 0.2) is 23.2 Å². The van der Waals surface area contributed by atoms with Crippen molar-refractivity contribution in [3.05, 3.63) is 34.6 Å². The minimum atomic E-state index is -0.275. The second-order valence-electron chi connectivity index (χ2n) is 6.44. The summed E-state index contributed by atoms with van der Waals surface area (Å²) in [4.78, 5) is 6.64. The number of guanidine groups is 1. The molecule has 0 amide bonds. The average molecular weight is 355 g/mol. The van der Waals surface area contributed by atoms with Gasteiger partial charge in [-0.3, -0.25) is 9.89 Å². The Hall–Kier alpha value is -1.37. The lowest BCUT2D eigenvalue weighted by Gasteiger charge is -2.38. The van der Waals surface area contributed by atoms with E-state index in [2.05, 4.69) is 27.4 Å².